The van der Waals surface area contributed by atoms with Crippen LogP contribution in [0.1, 0.15) is 48.0 Å². The highest BCUT2D eigenvalue weighted by Gasteiger charge is 2.46. The highest BCUT2D eigenvalue weighted by Crippen LogP contribution is 2.41. The molecule has 35 heavy (non-hydrogen) atoms. The summed E-state index contributed by atoms with van der Waals surface area (Å²) in [5, 5.41) is 0.0150. The van der Waals surface area contributed by atoms with E-state index in [0.29, 0.717) is 30.3 Å². The zero-order chi connectivity index (χ0) is 24.2. The molecule has 2 aromatic carbocycles. The summed E-state index contributed by atoms with van der Waals surface area (Å²) in [5.41, 5.74) is 1.74. The zero-order valence-corrected chi connectivity index (χ0v) is 21.0. The molecule has 1 aliphatic carbocycles. The number of nitrogens with zero attached hydrogens (tertiary/aromatic N) is 3. The van der Waals surface area contributed by atoms with Gasteiger partial charge in [0.2, 0.25) is 5.91 Å². The smallest absolute Gasteiger partial charge is 0.255 e. The Morgan fingerprint density at radius 3 is 2.26 bits per heavy atom. The SMILES string of the molecule is O=C(C1CSC(C2CCCCC2)N1C(=O)c1ccc(F)cc1)N1CCN(Cc2ccccc2)CC1. The third-order valence-corrected chi connectivity index (χ3v) is 9.09. The predicted octanol–water partition coefficient (Wildman–Crippen LogP) is 4.63. The lowest BCUT2D eigenvalue weighted by atomic mass is 9.88. The van der Waals surface area contributed by atoms with Gasteiger partial charge in [0.15, 0.2) is 0 Å². The van der Waals surface area contributed by atoms with Crippen molar-refractivity contribution < 1.29 is 14.0 Å². The minimum absolute atomic E-state index is 0.0150. The minimum Gasteiger partial charge on any atom is -0.338 e. The van der Waals surface area contributed by atoms with Gasteiger partial charge in [-0.15, -0.1) is 11.8 Å². The summed E-state index contributed by atoms with van der Waals surface area (Å²) in [7, 11) is 0. The fourth-order valence-electron chi connectivity index (χ4n) is 5.68. The van der Waals surface area contributed by atoms with Crippen molar-refractivity contribution >= 4 is 23.6 Å². The van der Waals surface area contributed by atoms with Crippen molar-refractivity contribution in [3.8, 4) is 0 Å². The number of hydrogen-bond acceptors (Lipinski definition) is 4. The third-order valence-electron chi connectivity index (χ3n) is 7.63. The largest absolute Gasteiger partial charge is 0.338 e. The molecule has 0 spiro atoms. The highest BCUT2D eigenvalue weighted by molar-refractivity contribution is 8.00. The van der Waals surface area contributed by atoms with Crippen molar-refractivity contribution in [3.63, 3.8) is 0 Å². The second-order valence-corrected chi connectivity index (χ2v) is 11.1. The van der Waals surface area contributed by atoms with E-state index < -0.39 is 6.04 Å². The van der Waals surface area contributed by atoms with Crippen LogP contribution in [0.15, 0.2) is 54.6 Å². The standard InChI is InChI=1S/C28H34FN3O2S/c29-24-13-11-22(12-14-24)26(33)32-25(20-35-28(32)23-9-5-2-6-10-23)27(34)31-17-15-30(16-18-31)19-21-7-3-1-4-8-21/h1,3-4,7-8,11-14,23,25,28H,2,5-6,9-10,15-20H2. The van der Waals surface area contributed by atoms with Crippen molar-refractivity contribution in [2.24, 2.45) is 5.92 Å². The van der Waals surface area contributed by atoms with Gasteiger partial charge in [-0.3, -0.25) is 14.5 Å². The summed E-state index contributed by atoms with van der Waals surface area (Å²) in [6.07, 6.45) is 5.81. The van der Waals surface area contributed by atoms with Crippen molar-refractivity contribution in [2.75, 3.05) is 31.9 Å². The van der Waals surface area contributed by atoms with Crippen LogP contribution in [0.25, 0.3) is 0 Å². The van der Waals surface area contributed by atoms with Gasteiger partial charge in [0.1, 0.15) is 11.9 Å². The maximum atomic E-state index is 13.7. The van der Waals surface area contributed by atoms with Gasteiger partial charge in [0, 0.05) is 44.0 Å². The van der Waals surface area contributed by atoms with Crippen molar-refractivity contribution in [2.45, 2.75) is 50.1 Å². The molecule has 3 fully saturated rings. The van der Waals surface area contributed by atoms with Crippen LogP contribution in [0.3, 0.4) is 0 Å². The molecule has 2 aliphatic heterocycles. The maximum Gasteiger partial charge on any atom is 0.255 e. The topological polar surface area (TPSA) is 43.9 Å². The van der Waals surface area contributed by atoms with Crippen LogP contribution in [-0.2, 0) is 11.3 Å². The number of thioether (sulfide) groups is 1. The summed E-state index contributed by atoms with van der Waals surface area (Å²) in [5.74, 6) is 0.607. The first kappa shape index (κ1) is 24.3. The number of halogens is 1. The van der Waals surface area contributed by atoms with Crippen LogP contribution in [0.5, 0.6) is 0 Å². The normalized spacial score (nSPS) is 24.0. The number of carbonyl (C=O) groups excluding carboxylic acids is 2. The Hall–Kier alpha value is -2.38. The fraction of sp³-hybridized carbons (Fsp3) is 0.500. The monoisotopic (exact) mass is 495 g/mol. The second-order valence-electron chi connectivity index (χ2n) is 9.94. The average Bonchev–Trinajstić information content (AvgIpc) is 3.35. The second kappa shape index (κ2) is 11.1. The van der Waals surface area contributed by atoms with E-state index in [-0.39, 0.29) is 23.0 Å². The Kier molecular flexibility index (Phi) is 7.73. The first-order valence-electron chi connectivity index (χ1n) is 12.8. The molecule has 2 atom stereocenters. The Labute approximate surface area is 211 Å². The molecular formula is C28H34FN3O2S. The molecule has 1 saturated carbocycles. The predicted molar refractivity (Wildman–Crippen MR) is 137 cm³/mol. The Balaban J connectivity index is 1.29. The molecule has 0 N–H and O–H groups in total. The van der Waals surface area contributed by atoms with E-state index >= 15 is 0 Å². The number of benzene rings is 2. The Bertz CT molecular complexity index is 1000. The summed E-state index contributed by atoms with van der Waals surface area (Å²) in [6, 6.07) is 15.7. The summed E-state index contributed by atoms with van der Waals surface area (Å²) < 4.78 is 13.5. The molecular weight excluding hydrogens is 461 g/mol. The van der Waals surface area contributed by atoms with Gasteiger partial charge in [-0.05, 0) is 48.6 Å². The molecule has 0 radical (unpaired) electrons. The average molecular weight is 496 g/mol. The molecule has 2 saturated heterocycles. The van der Waals surface area contributed by atoms with Gasteiger partial charge >= 0.3 is 0 Å². The lowest BCUT2D eigenvalue weighted by molar-refractivity contribution is -0.137. The van der Waals surface area contributed by atoms with Gasteiger partial charge in [0.25, 0.3) is 5.91 Å². The Morgan fingerprint density at radius 1 is 0.886 bits per heavy atom. The number of rotatable bonds is 5. The van der Waals surface area contributed by atoms with Gasteiger partial charge < -0.3 is 9.80 Å². The molecule has 0 bridgehead atoms. The molecule has 0 aromatic heterocycles. The van der Waals surface area contributed by atoms with E-state index in [1.165, 1.54) is 37.0 Å². The first-order valence-corrected chi connectivity index (χ1v) is 13.9. The van der Waals surface area contributed by atoms with E-state index in [9.17, 15) is 14.0 Å². The van der Waals surface area contributed by atoms with Crippen LogP contribution in [-0.4, -0.2) is 69.9 Å². The fourth-order valence-corrected chi connectivity index (χ4v) is 7.31. The quantitative estimate of drug-likeness (QED) is 0.607. The van der Waals surface area contributed by atoms with E-state index in [4.69, 9.17) is 0 Å². The first-order chi connectivity index (χ1) is 17.1. The van der Waals surface area contributed by atoms with Gasteiger partial charge in [-0.25, -0.2) is 4.39 Å². The van der Waals surface area contributed by atoms with Crippen molar-refractivity contribution in [3.05, 3.63) is 71.5 Å². The molecule has 7 heteroatoms. The van der Waals surface area contributed by atoms with Crippen molar-refractivity contribution in [1.82, 2.24) is 14.7 Å². The molecule has 3 aliphatic rings. The van der Waals surface area contributed by atoms with E-state index in [1.54, 1.807) is 23.9 Å². The molecule has 2 heterocycles. The molecule has 186 valence electrons. The van der Waals surface area contributed by atoms with Crippen LogP contribution in [0, 0.1) is 11.7 Å². The lowest BCUT2D eigenvalue weighted by Crippen LogP contribution is -2.56. The van der Waals surface area contributed by atoms with Crippen LogP contribution >= 0.6 is 11.8 Å². The summed E-state index contributed by atoms with van der Waals surface area (Å²) in [4.78, 5) is 33.6. The number of carbonyl (C=O) groups is 2. The minimum atomic E-state index is -0.454. The lowest BCUT2D eigenvalue weighted by Gasteiger charge is -2.39. The molecule has 2 amide bonds. The molecule has 5 nitrogen and oxygen atoms in total. The Morgan fingerprint density at radius 2 is 1.57 bits per heavy atom. The molecule has 2 unspecified atom stereocenters. The van der Waals surface area contributed by atoms with E-state index in [1.807, 2.05) is 15.9 Å². The van der Waals surface area contributed by atoms with Crippen LogP contribution in [0.4, 0.5) is 4.39 Å². The molecule has 5 rings (SSSR count). The summed E-state index contributed by atoms with van der Waals surface area (Å²) >= 11 is 1.76. The van der Waals surface area contributed by atoms with E-state index in [2.05, 4.69) is 29.2 Å². The number of amides is 2. The molecule has 2 aromatic rings. The number of piperazine rings is 1. The number of hydrogen-bond donors (Lipinski definition) is 0. The maximum absolute atomic E-state index is 13.7. The zero-order valence-electron chi connectivity index (χ0n) is 20.2. The highest BCUT2D eigenvalue weighted by atomic mass is 32.2. The van der Waals surface area contributed by atoms with Gasteiger partial charge in [0.05, 0.1) is 5.37 Å². The summed E-state index contributed by atoms with van der Waals surface area (Å²) in [6.45, 7) is 3.91. The van der Waals surface area contributed by atoms with Gasteiger partial charge in [-0.2, -0.15) is 0 Å². The van der Waals surface area contributed by atoms with Gasteiger partial charge in [-0.1, -0.05) is 49.6 Å². The third kappa shape index (κ3) is 5.56. The van der Waals surface area contributed by atoms with Crippen LogP contribution < -0.4 is 0 Å². The van der Waals surface area contributed by atoms with E-state index in [0.717, 1.165) is 32.5 Å². The van der Waals surface area contributed by atoms with Crippen molar-refractivity contribution in [1.29, 1.82) is 0 Å². The van der Waals surface area contributed by atoms with Crippen LogP contribution in [0.2, 0.25) is 0 Å².